The number of phenols is 2. The molecule has 2 N–H and O–H groups in total. The van der Waals surface area contributed by atoms with Gasteiger partial charge in [0.25, 0.3) is 0 Å². The number of hydrogen-bond acceptors (Lipinski definition) is 6. The normalized spacial score (nSPS) is 10.7. The predicted octanol–water partition coefficient (Wildman–Crippen LogP) is 3.09. The molecule has 0 unspecified atom stereocenters. The first-order valence-electron chi connectivity index (χ1n) is 8.83. The lowest BCUT2D eigenvalue weighted by Gasteiger charge is -2.02. The van der Waals surface area contributed by atoms with Gasteiger partial charge < -0.3 is 14.9 Å². The van der Waals surface area contributed by atoms with E-state index in [4.69, 9.17) is 4.74 Å². The zero-order valence-electron chi connectivity index (χ0n) is 15.7. The summed E-state index contributed by atoms with van der Waals surface area (Å²) in [6, 6.07) is 18.1. The van der Waals surface area contributed by atoms with Crippen LogP contribution in [0.4, 0.5) is 0 Å². The maximum Gasteiger partial charge on any atom is 0.343 e. The molecule has 4 rings (SSSR count). The first-order chi connectivity index (χ1) is 14.5. The second-order valence-corrected chi connectivity index (χ2v) is 7.20. The maximum absolute atomic E-state index is 13.1. The van der Waals surface area contributed by atoms with Crippen molar-refractivity contribution in [2.45, 2.75) is 0 Å². The smallest absolute Gasteiger partial charge is 0.343 e. The van der Waals surface area contributed by atoms with Gasteiger partial charge in [-0.1, -0.05) is 28.1 Å². The highest BCUT2D eigenvalue weighted by Gasteiger charge is 2.29. The molecule has 1 aromatic heterocycles. The van der Waals surface area contributed by atoms with Crippen LogP contribution in [0.2, 0.25) is 0 Å². The van der Waals surface area contributed by atoms with Gasteiger partial charge in [0, 0.05) is 4.47 Å². The Morgan fingerprint density at radius 1 is 1.03 bits per heavy atom. The van der Waals surface area contributed by atoms with Gasteiger partial charge >= 0.3 is 11.7 Å². The van der Waals surface area contributed by atoms with Crippen molar-refractivity contribution in [2.24, 2.45) is 0 Å². The van der Waals surface area contributed by atoms with E-state index in [1.54, 1.807) is 36.4 Å². The van der Waals surface area contributed by atoms with Crippen LogP contribution in [0.25, 0.3) is 17.1 Å². The minimum Gasteiger partial charge on any atom is -0.507 e. The zero-order valence-corrected chi connectivity index (χ0v) is 17.3. The third kappa shape index (κ3) is 3.62. The van der Waals surface area contributed by atoms with Gasteiger partial charge in [0.1, 0.15) is 5.75 Å². The molecule has 3 aromatic carbocycles. The van der Waals surface area contributed by atoms with Gasteiger partial charge in [0.2, 0.25) is 0 Å². The number of aromatic hydroxyl groups is 2. The molecule has 0 amide bonds. The average Bonchev–Trinajstić information content (AvgIpc) is 3.19. The average molecular weight is 468 g/mol. The number of carbonyl (C=O) groups excluding carboxylic acids is 1. The molecule has 0 saturated carbocycles. The molecule has 8 nitrogen and oxygen atoms in total. The summed E-state index contributed by atoms with van der Waals surface area (Å²) in [5, 5.41) is 29.0. The fourth-order valence-electron chi connectivity index (χ4n) is 2.86. The largest absolute Gasteiger partial charge is 0.507 e. The number of nitrogens with zero attached hydrogens (tertiary/aromatic N) is 4. The van der Waals surface area contributed by atoms with Crippen LogP contribution >= 0.6 is 15.9 Å². The molecule has 150 valence electrons. The third-order valence-electron chi connectivity index (χ3n) is 4.37. The molecular formula is C21H16BrN4O4+. The van der Waals surface area contributed by atoms with Crippen molar-refractivity contribution in [3.05, 3.63) is 76.8 Å². The summed E-state index contributed by atoms with van der Waals surface area (Å²) >= 11 is 3.38. The highest BCUT2D eigenvalue weighted by atomic mass is 79.9. The standard InChI is InChI=1S/C21H15BrN4O4/c1-30-19-11-6-13(12-18(19)28)20-23-25(15-9-7-14(22)8-10-15)26(24-20)21(29)16-4-2-3-5-17(16)27/h2-12H,1H3,(H-,27,28,29)/p+1. The van der Waals surface area contributed by atoms with Crippen LogP contribution < -0.4 is 9.53 Å². The summed E-state index contributed by atoms with van der Waals surface area (Å²) < 4.78 is 5.93. The second-order valence-electron chi connectivity index (χ2n) is 6.29. The van der Waals surface area contributed by atoms with Crippen LogP contribution in [0.1, 0.15) is 10.4 Å². The van der Waals surface area contributed by atoms with Crippen molar-refractivity contribution >= 4 is 21.8 Å². The van der Waals surface area contributed by atoms with E-state index < -0.39 is 5.91 Å². The molecule has 0 fully saturated rings. The monoisotopic (exact) mass is 467 g/mol. The summed E-state index contributed by atoms with van der Waals surface area (Å²) in [5.74, 6) is -0.283. The molecule has 0 bridgehead atoms. The Balaban J connectivity index is 1.87. The van der Waals surface area contributed by atoms with Gasteiger partial charge in [-0.15, -0.1) is 0 Å². The van der Waals surface area contributed by atoms with Crippen molar-refractivity contribution in [1.29, 1.82) is 0 Å². The number of phenolic OH excluding ortho intramolecular Hbond substituents is 2. The number of para-hydroxylation sites is 1. The summed E-state index contributed by atoms with van der Waals surface area (Å²) in [7, 11) is 1.45. The van der Waals surface area contributed by atoms with Crippen LogP contribution in [0.15, 0.2) is 71.2 Å². The van der Waals surface area contributed by atoms with Crippen LogP contribution in [0, 0.1) is 0 Å². The molecule has 0 aliphatic rings. The number of aromatic nitrogens is 4. The molecule has 30 heavy (non-hydrogen) atoms. The van der Waals surface area contributed by atoms with Gasteiger partial charge in [0.15, 0.2) is 17.2 Å². The molecule has 0 spiro atoms. The van der Waals surface area contributed by atoms with Gasteiger partial charge in [-0.3, -0.25) is 4.79 Å². The Bertz CT molecular complexity index is 1240. The summed E-state index contributed by atoms with van der Waals surface area (Å²) in [6.45, 7) is 0. The Morgan fingerprint density at radius 3 is 2.43 bits per heavy atom. The molecule has 0 atom stereocenters. The van der Waals surface area contributed by atoms with E-state index in [2.05, 4.69) is 26.1 Å². The molecule has 0 saturated heterocycles. The maximum atomic E-state index is 13.1. The number of hydrogen-bond donors (Lipinski definition) is 2. The molecule has 9 heteroatoms. The van der Waals surface area contributed by atoms with Gasteiger partial charge in [-0.2, -0.15) is 0 Å². The van der Waals surface area contributed by atoms with E-state index in [9.17, 15) is 15.0 Å². The number of ether oxygens (including phenoxy) is 1. The molecule has 0 aliphatic heterocycles. The Morgan fingerprint density at radius 2 is 1.77 bits per heavy atom. The lowest BCUT2D eigenvalue weighted by molar-refractivity contribution is -0.732. The number of methoxy groups -OCH3 is 1. The minimum absolute atomic E-state index is 0.0754. The lowest BCUT2D eigenvalue weighted by Crippen LogP contribution is -2.47. The van der Waals surface area contributed by atoms with E-state index >= 15 is 0 Å². The third-order valence-corrected chi connectivity index (χ3v) is 4.90. The highest BCUT2D eigenvalue weighted by Crippen LogP contribution is 2.29. The summed E-state index contributed by atoms with van der Waals surface area (Å²) in [5.41, 5.74) is 1.15. The van der Waals surface area contributed by atoms with E-state index in [0.717, 1.165) is 9.27 Å². The molecular weight excluding hydrogens is 452 g/mol. The van der Waals surface area contributed by atoms with Crippen LogP contribution in [0.5, 0.6) is 17.2 Å². The topological polar surface area (TPSA) is 101 Å². The quantitative estimate of drug-likeness (QED) is 0.447. The van der Waals surface area contributed by atoms with E-state index in [1.165, 1.54) is 30.1 Å². The van der Waals surface area contributed by atoms with E-state index in [0.29, 0.717) is 17.0 Å². The number of halogens is 1. The number of tetrazole rings is 1. The van der Waals surface area contributed by atoms with Gasteiger partial charge in [0.05, 0.1) is 28.1 Å². The lowest BCUT2D eigenvalue weighted by atomic mass is 10.2. The Kier molecular flexibility index (Phi) is 5.20. The molecule has 0 radical (unpaired) electrons. The van der Waals surface area contributed by atoms with Crippen LogP contribution in [0.3, 0.4) is 0 Å². The molecule has 0 aliphatic carbocycles. The first kappa shape index (κ1) is 19.6. The van der Waals surface area contributed by atoms with Crippen molar-refractivity contribution in [3.8, 4) is 34.3 Å². The van der Waals surface area contributed by atoms with Crippen molar-refractivity contribution < 1.29 is 24.5 Å². The minimum atomic E-state index is -0.562. The zero-order chi connectivity index (χ0) is 21.3. The van der Waals surface area contributed by atoms with E-state index in [-0.39, 0.29) is 22.9 Å². The van der Waals surface area contributed by atoms with Crippen molar-refractivity contribution in [1.82, 2.24) is 15.0 Å². The fourth-order valence-corrected chi connectivity index (χ4v) is 3.13. The van der Waals surface area contributed by atoms with Crippen LogP contribution in [-0.4, -0.2) is 38.2 Å². The van der Waals surface area contributed by atoms with Crippen molar-refractivity contribution in [3.63, 3.8) is 0 Å². The second kappa shape index (κ2) is 7.96. The fraction of sp³-hybridized carbons (Fsp3) is 0.0476. The van der Waals surface area contributed by atoms with Gasteiger partial charge in [-0.25, -0.2) is 0 Å². The number of carbonyl (C=O) groups is 1. The van der Waals surface area contributed by atoms with Crippen molar-refractivity contribution in [2.75, 3.05) is 7.11 Å². The SMILES string of the molecule is COc1ccc(-c2nn(C(=O)c3ccccc3O)[n+](-c3ccc(Br)cc3)n2)cc1O. The Hall–Kier alpha value is -3.72. The number of benzene rings is 3. The summed E-state index contributed by atoms with van der Waals surface area (Å²) in [6.07, 6.45) is 0. The molecule has 4 aromatic rings. The highest BCUT2D eigenvalue weighted by molar-refractivity contribution is 9.10. The first-order valence-corrected chi connectivity index (χ1v) is 9.63. The predicted molar refractivity (Wildman–Crippen MR) is 111 cm³/mol. The van der Waals surface area contributed by atoms with Gasteiger partial charge in [-0.05, 0) is 64.5 Å². The molecule has 1 heterocycles. The van der Waals surface area contributed by atoms with E-state index in [1.807, 2.05) is 12.1 Å². The summed E-state index contributed by atoms with van der Waals surface area (Å²) in [4.78, 5) is 15.5. The number of rotatable bonds is 4. The Labute approximate surface area is 179 Å². The van der Waals surface area contributed by atoms with Crippen LogP contribution in [-0.2, 0) is 0 Å².